The molecule has 2 N–H and O–H groups in total. The first-order valence-electron chi connectivity index (χ1n) is 7.86. The standard InChI is InChI=1S/C18H21BrN2O3/c1-12-11-16(13(2)24-12)18(23)21-20-17(22)6-4-3-5-14-7-9-15(19)10-8-14/h7-11H,3-6H2,1-2H3,(H,20,22)(H,21,23). The number of nitrogens with one attached hydrogen (secondary N) is 2. The third kappa shape index (κ3) is 5.53. The van der Waals surface area contributed by atoms with Crippen LogP contribution in [0.25, 0.3) is 0 Å². The highest BCUT2D eigenvalue weighted by atomic mass is 79.9. The first kappa shape index (κ1) is 18.3. The van der Waals surface area contributed by atoms with Crippen molar-refractivity contribution in [3.63, 3.8) is 0 Å². The smallest absolute Gasteiger partial charge is 0.273 e. The van der Waals surface area contributed by atoms with Gasteiger partial charge in [0.2, 0.25) is 5.91 Å². The molecule has 128 valence electrons. The van der Waals surface area contributed by atoms with Crippen LogP contribution >= 0.6 is 15.9 Å². The molecule has 0 atom stereocenters. The number of benzene rings is 1. The molecule has 0 saturated carbocycles. The lowest BCUT2D eigenvalue weighted by Crippen LogP contribution is -2.41. The molecule has 0 unspecified atom stereocenters. The molecule has 6 heteroatoms. The van der Waals surface area contributed by atoms with Crippen LogP contribution in [0.1, 0.15) is 46.7 Å². The largest absolute Gasteiger partial charge is 0.466 e. The number of hydrogen-bond donors (Lipinski definition) is 2. The number of aryl methyl sites for hydroxylation is 3. The molecule has 0 saturated heterocycles. The van der Waals surface area contributed by atoms with Gasteiger partial charge in [-0.3, -0.25) is 20.4 Å². The number of hydrogen-bond acceptors (Lipinski definition) is 3. The normalized spacial score (nSPS) is 10.5. The van der Waals surface area contributed by atoms with Gasteiger partial charge in [0.1, 0.15) is 11.5 Å². The number of carbonyl (C=O) groups is 2. The first-order valence-corrected chi connectivity index (χ1v) is 8.65. The summed E-state index contributed by atoms with van der Waals surface area (Å²) in [6, 6.07) is 9.81. The second kappa shape index (κ2) is 8.68. The van der Waals surface area contributed by atoms with Gasteiger partial charge in [-0.05, 0) is 56.9 Å². The maximum absolute atomic E-state index is 11.9. The van der Waals surface area contributed by atoms with Gasteiger partial charge in [-0.25, -0.2) is 0 Å². The van der Waals surface area contributed by atoms with Crippen molar-refractivity contribution >= 4 is 27.7 Å². The fourth-order valence-electron chi connectivity index (χ4n) is 2.38. The second-order valence-electron chi connectivity index (χ2n) is 5.66. The van der Waals surface area contributed by atoms with Gasteiger partial charge in [-0.15, -0.1) is 0 Å². The molecule has 2 amide bonds. The topological polar surface area (TPSA) is 71.3 Å². The summed E-state index contributed by atoms with van der Waals surface area (Å²) < 4.78 is 6.35. The third-order valence-electron chi connectivity index (χ3n) is 3.63. The Morgan fingerprint density at radius 3 is 2.42 bits per heavy atom. The summed E-state index contributed by atoms with van der Waals surface area (Å²) in [4.78, 5) is 23.7. The Bertz CT molecular complexity index is 708. The number of halogens is 1. The summed E-state index contributed by atoms with van der Waals surface area (Å²) in [6.07, 6.45) is 2.99. The number of amides is 2. The van der Waals surface area contributed by atoms with E-state index in [9.17, 15) is 9.59 Å². The summed E-state index contributed by atoms with van der Waals surface area (Å²) in [6.45, 7) is 3.49. The van der Waals surface area contributed by atoms with E-state index in [2.05, 4.69) is 38.9 Å². The van der Waals surface area contributed by atoms with Crippen molar-refractivity contribution in [2.75, 3.05) is 0 Å². The Balaban J connectivity index is 1.65. The van der Waals surface area contributed by atoms with Gasteiger partial charge < -0.3 is 4.42 Å². The minimum Gasteiger partial charge on any atom is -0.466 e. The molecule has 1 heterocycles. The van der Waals surface area contributed by atoms with Crippen LogP contribution in [0.2, 0.25) is 0 Å². The van der Waals surface area contributed by atoms with Crippen molar-refractivity contribution in [2.24, 2.45) is 0 Å². The van der Waals surface area contributed by atoms with Gasteiger partial charge in [0.05, 0.1) is 5.56 Å². The van der Waals surface area contributed by atoms with E-state index in [1.807, 2.05) is 12.1 Å². The third-order valence-corrected chi connectivity index (χ3v) is 4.16. The van der Waals surface area contributed by atoms with Gasteiger partial charge in [-0.1, -0.05) is 28.1 Å². The highest BCUT2D eigenvalue weighted by Crippen LogP contribution is 2.14. The van der Waals surface area contributed by atoms with Crippen LogP contribution in [0.3, 0.4) is 0 Å². The lowest BCUT2D eigenvalue weighted by Gasteiger charge is -2.07. The highest BCUT2D eigenvalue weighted by Gasteiger charge is 2.13. The van der Waals surface area contributed by atoms with Crippen molar-refractivity contribution in [2.45, 2.75) is 39.5 Å². The van der Waals surface area contributed by atoms with Crippen molar-refractivity contribution in [3.8, 4) is 0 Å². The minimum absolute atomic E-state index is 0.197. The quantitative estimate of drug-likeness (QED) is 0.579. The second-order valence-corrected chi connectivity index (χ2v) is 6.58. The molecule has 0 aliphatic heterocycles. The molecule has 0 bridgehead atoms. The van der Waals surface area contributed by atoms with Gasteiger partial charge in [-0.2, -0.15) is 0 Å². The predicted octanol–water partition coefficient (Wildman–Crippen LogP) is 3.83. The first-order chi connectivity index (χ1) is 11.5. The summed E-state index contributed by atoms with van der Waals surface area (Å²) in [5.41, 5.74) is 6.53. The van der Waals surface area contributed by atoms with Crippen molar-refractivity contribution in [3.05, 3.63) is 57.5 Å². The number of rotatable bonds is 6. The van der Waals surface area contributed by atoms with Crippen LogP contribution in [0.4, 0.5) is 0 Å². The minimum atomic E-state index is -0.368. The zero-order valence-electron chi connectivity index (χ0n) is 13.8. The molecule has 5 nitrogen and oxygen atoms in total. The Labute approximate surface area is 149 Å². The Morgan fingerprint density at radius 2 is 1.79 bits per heavy atom. The SMILES string of the molecule is Cc1cc(C(=O)NNC(=O)CCCCc2ccc(Br)cc2)c(C)o1. The molecule has 0 spiro atoms. The average molecular weight is 393 g/mol. The maximum Gasteiger partial charge on any atom is 0.273 e. The molecular weight excluding hydrogens is 372 g/mol. The maximum atomic E-state index is 11.9. The van der Waals surface area contributed by atoms with Crippen LogP contribution in [-0.2, 0) is 11.2 Å². The van der Waals surface area contributed by atoms with Crippen molar-refractivity contribution in [1.82, 2.24) is 10.9 Å². The predicted molar refractivity (Wildman–Crippen MR) is 95.5 cm³/mol. The highest BCUT2D eigenvalue weighted by molar-refractivity contribution is 9.10. The van der Waals surface area contributed by atoms with E-state index < -0.39 is 0 Å². The fraction of sp³-hybridized carbons (Fsp3) is 0.333. The van der Waals surface area contributed by atoms with Gasteiger partial charge in [0.15, 0.2) is 0 Å². The fourth-order valence-corrected chi connectivity index (χ4v) is 2.64. The Morgan fingerprint density at radius 1 is 1.08 bits per heavy atom. The van der Waals surface area contributed by atoms with Crippen molar-refractivity contribution in [1.29, 1.82) is 0 Å². The number of furan rings is 1. The molecule has 0 aliphatic carbocycles. The molecule has 2 rings (SSSR count). The van der Waals surface area contributed by atoms with E-state index in [1.54, 1.807) is 19.9 Å². The number of hydrazine groups is 1. The molecule has 1 aromatic heterocycles. The Kier molecular flexibility index (Phi) is 6.61. The molecule has 2 aromatic rings. The van der Waals surface area contributed by atoms with E-state index in [4.69, 9.17) is 4.42 Å². The lowest BCUT2D eigenvalue weighted by molar-refractivity contribution is -0.121. The number of carbonyl (C=O) groups excluding carboxylic acids is 2. The Hall–Kier alpha value is -2.08. The van der Waals surface area contributed by atoms with E-state index in [1.165, 1.54) is 5.56 Å². The van der Waals surface area contributed by atoms with Gasteiger partial charge in [0.25, 0.3) is 5.91 Å². The lowest BCUT2D eigenvalue weighted by atomic mass is 10.1. The molecule has 1 aromatic carbocycles. The summed E-state index contributed by atoms with van der Waals surface area (Å²) in [5.74, 6) is 0.634. The van der Waals surface area contributed by atoms with Crippen LogP contribution in [0, 0.1) is 13.8 Å². The zero-order chi connectivity index (χ0) is 17.5. The van der Waals surface area contributed by atoms with Crippen molar-refractivity contribution < 1.29 is 14.0 Å². The van der Waals surface area contributed by atoms with E-state index in [0.717, 1.165) is 23.7 Å². The molecule has 0 aliphatic rings. The van der Waals surface area contributed by atoms with Crippen LogP contribution < -0.4 is 10.9 Å². The molecule has 0 fully saturated rings. The average Bonchev–Trinajstić information content (AvgIpc) is 2.89. The van der Waals surface area contributed by atoms with Crippen LogP contribution in [-0.4, -0.2) is 11.8 Å². The molecular formula is C18H21BrN2O3. The molecule has 0 radical (unpaired) electrons. The van der Waals surface area contributed by atoms with E-state index >= 15 is 0 Å². The van der Waals surface area contributed by atoms with Crippen LogP contribution in [0.5, 0.6) is 0 Å². The van der Waals surface area contributed by atoms with E-state index in [-0.39, 0.29) is 11.8 Å². The van der Waals surface area contributed by atoms with Gasteiger partial charge >= 0.3 is 0 Å². The van der Waals surface area contributed by atoms with Gasteiger partial charge in [0, 0.05) is 10.9 Å². The van der Waals surface area contributed by atoms with E-state index in [0.29, 0.717) is 23.5 Å². The molecule has 24 heavy (non-hydrogen) atoms. The summed E-state index contributed by atoms with van der Waals surface area (Å²) in [5, 5.41) is 0. The zero-order valence-corrected chi connectivity index (χ0v) is 15.4. The summed E-state index contributed by atoms with van der Waals surface area (Å²) in [7, 11) is 0. The number of unbranched alkanes of at least 4 members (excludes halogenated alkanes) is 1. The van der Waals surface area contributed by atoms with Crippen LogP contribution in [0.15, 0.2) is 39.2 Å². The summed E-state index contributed by atoms with van der Waals surface area (Å²) >= 11 is 3.40. The monoisotopic (exact) mass is 392 g/mol.